The molecular formula is C24H28N2O2S. The molecule has 3 rings (SSSR count). The summed E-state index contributed by atoms with van der Waals surface area (Å²) in [5.74, 6) is 1.54. The fraction of sp³-hybridized carbons (Fsp3) is 0.250. The van der Waals surface area contributed by atoms with Gasteiger partial charge < -0.3 is 14.8 Å². The SMILES string of the molecule is CCCCNc1cc(COCc2ccccc2)cc(SN)c1Oc1ccccc1. The zero-order valence-electron chi connectivity index (χ0n) is 16.8. The molecule has 3 aromatic carbocycles. The third-order valence-corrected chi connectivity index (χ3v) is 4.99. The second-order valence-electron chi connectivity index (χ2n) is 6.76. The van der Waals surface area contributed by atoms with Crippen molar-refractivity contribution in [2.24, 2.45) is 5.14 Å². The Kier molecular flexibility index (Phi) is 8.43. The monoisotopic (exact) mass is 408 g/mol. The summed E-state index contributed by atoms with van der Waals surface area (Å²) in [6.45, 7) is 4.14. The predicted octanol–water partition coefficient (Wildman–Crippen LogP) is 6.37. The maximum absolute atomic E-state index is 6.19. The van der Waals surface area contributed by atoms with Crippen LogP contribution in [0.3, 0.4) is 0 Å². The summed E-state index contributed by atoms with van der Waals surface area (Å²) >= 11 is 1.19. The smallest absolute Gasteiger partial charge is 0.165 e. The van der Waals surface area contributed by atoms with E-state index >= 15 is 0 Å². The van der Waals surface area contributed by atoms with E-state index in [1.807, 2.05) is 54.6 Å². The van der Waals surface area contributed by atoms with Crippen molar-refractivity contribution >= 4 is 17.6 Å². The van der Waals surface area contributed by atoms with Crippen LogP contribution in [0.25, 0.3) is 0 Å². The van der Waals surface area contributed by atoms with Gasteiger partial charge in [0.15, 0.2) is 5.75 Å². The van der Waals surface area contributed by atoms with Crippen LogP contribution in [0.4, 0.5) is 5.69 Å². The molecule has 0 saturated carbocycles. The highest BCUT2D eigenvalue weighted by atomic mass is 32.2. The summed E-state index contributed by atoms with van der Waals surface area (Å²) in [5, 5.41) is 9.49. The van der Waals surface area contributed by atoms with Crippen molar-refractivity contribution in [1.29, 1.82) is 0 Å². The molecule has 0 aliphatic heterocycles. The summed E-state index contributed by atoms with van der Waals surface area (Å²) in [4.78, 5) is 0.883. The van der Waals surface area contributed by atoms with E-state index in [1.54, 1.807) is 0 Å². The number of unbranched alkanes of at least 4 members (excludes halogenated alkanes) is 1. The van der Waals surface area contributed by atoms with Gasteiger partial charge in [0.05, 0.1) is 23.8 Å². The lowest BCUT2D eigenvalue weighted by atomic mass is 10.1. The molecule has 3 N–H and O–H groups in total. The van der Waals surface area contributed by atoms with E-state index in [0.717, 1.165) is 52.6 Å². The Hall–Kier alpha value is -2.47. The number of benzene rings is 3. The molecule has 0 heterocycles. The Morgan fingerprint density at radius 2 is 1.59 bits per heavy atom. The maximum atomic E-state index is 6.19. The van der Waals surface area contributed by atoms with Crippen LogP contribution in [-0.4, -0.2) is 6.54 Å². The van der Waals surface area contributed by atoms with Crippen LogP contribution in [-0.2, 0) is 18.0 Å². The molecule has 5 heteroatoms. The first-order chi connectivity index (χ1) is 14.3. The van der Waals surface area contributed by atoms with Gasteiger partial charge in [-0.15, -0.1) is 0 Å². The lowest BCUT2D eigenvalue weighted by molar-refractivity contribution is 0.107. The molecule has 0 amide bonds. The van der Waals surface area contributed by atoms with Crippen molar-refractivity contribution in [3.8, 4) is 11.5 Å². The molecule has 3 aromatic rings. The predicted molar refractivity (Wildman–Crippen MR) is 121 cm³/mol. The molecule has 4 nitrogen and oxygen atoms in total. The minimum atomic E-state index is 0.510. The van der Waals surface area contributed by atoms with Gasteiger partial charge in [-0.3, -0.25) is 5.14 Å². The van der Waals surface area contributed by atoms with Crippen molar-refractivity contribution in [3.05, 3.63) is 83.9 Å². The van der Waals surface area contributed by atoms with Crippen LogP contribution < -0.4 is 15.2 Å². The fourth-order valence-electron chi connectivity index (χ4n) is 2.93. The first-order valence-electron chi connectivity index (χ1n) is 9.92. The van der Waals surface area contributed by atoms with Crippen LogP contribution in [0.1, 0.15) is 30.9 Å². The van der Waals surface area contributed by atoms with Crippen LogP contribution in [0.5, 0.6) is 11.5 Å². The number of hydrogen-bond acceptors (Lipinski definition) is 5. The Labute approximate surface area is 177 Å². The molecule has 0 saturated heterocycles. The molecule has 0 fully saturated rings. The summed E-state index contributed by atoms with van der Waals surface area (Å²) < 4.78 is 12.1. The second kappa shape index (κ2) is 11.5. The standard InChI is InChI=1S/C24H28N2O2S/c1-2-3-14-26-22-15-20(18-27-17-19-10-6-4-7-11-19)16-23(29-25)24(22)28-21-12-8-5-9-13-21/h4-13,15-16,26H,2-3,14,17-18,25H2,1H3. The minimum absolute atomic E-state index is 0.510. The minimum Gasteiger partial charge on any atom is -0.454 e. The van der Waals surface area contributed by atoms with E-state index in [4.69, 9.17) is 14.6 Å². The lowest BCUT2D eigenvalue weighted by Gasteiger charge is -2.18. The first-order valence-corrected chi connectivity index (χ1v) is 10.8. The van der Waals surface area contributed by atoms with Crippen molar-refractivity contribution < 1.29 is 9.47 Å². The van der Waals surface area contributed by atoms with Crippen molar-refractivity contribution in [3.63, 3.8) is 0 Å². The molecule has 0 aromatic heterocycles. The Morgan fingerprint density at radius 3 is 2.28 bits per heavy atom. The number of ether oxygens (including phenoxy) is 2. The highest BCUT2D eigenvalue weighted by Gasteiger charge is 2.14. The summed E-state index contributed by atoms with van der Waals surface area (Å²) in [5.41, 5.74) is 3.16. The number of anilines is 1. The van der Waals surface area contributed by atoms with Crippen LogP contribution in [0.15, 0.2) is 77.7 Å². The van der Waals surface area contributed by atoms with Gasteiger partial charge in [-0.2, -0.15) is 0 Å². The van der Waals surface area contributed by atoms with E-state index in [0.29, 0.717) is 13.2 Å². The molecule has 0 aliphatic carbocycles. The molecule has 152 valence electrons. The number of nitrogens with two attached hydrogens (primary N) is 1. The molecule has 0 unspecified atom stereocenters. The quantitative estimate of drug-likeness (QED) is 0.285. The molecule has 29 heavy (non-hydrogen) atoms. The average molecular weight is 409 g/mol. The summed E-state index contributed by atoms with van der Waals surface area (Å²) in [7, 11) is 0. The van der Waals surface area contributed by atoms with Crippen molar-refractivity contribution in [2.45, 2.75) is 37.9 Å². The molecular weight excluding hydrogens is 380 g/mol. The maximum Gasteiger partial charge on any atom is 0.165 e. The van der Waals surface area contributed by atoms with Crippen molar-refractivity contribution in [1.82, 2.24) is 0 Å². The van der Waals surface area contributed by atoms with Gasteiger partial charge in [0.2, 0.25) is 0 Å². The first kappa shape index (κ1) is 21.2. The van der Waals surface area contributed by atoms with E-state index < -0.39 is 0 Å². The zero-order valence-corrected chi connectivity index (χ0v) is 17.6. The lowest BCUT2D eigenvalue weighted by Crippen LogP contribution is -2.05. The van der Waals surface area contributed by atoms with E-state index in [-0.39, 0.29) is 0 Å². The van der Waals surface area contributed by atoms with Gasteiger partial charge in [-0.25, -0.2) is 0 Å². The average Bonchev–Trinajstić information content (AvgIpc) is 2.76. The topological polar surface area (TPSA) is 56.5 Å². The van der Waals surface area contributed by atoms with E-state index in [1.165, 1.54) is 11.9 Å². The molecule has 0 radical (unpaired) electrons. The highest BCUT2D eigenvalue weighted by Crippen LogP contribution is 2.39. The highest BCUT2D eigenvalue weighted by molar-refractivity contribution is 7.97. The van der Waals surface area contributed by atoms with Crippen molar-refractivity contribution in [2.75, 3.05) is 11.9 Å². The number of hydrogen-bond donors (Lipinski definition) is 2. The number of para-hydroxylation sites is 1. The third kappa shape index (κ3) is 6.53. The second-order valence-corrected chi connectivity index (χ2v) is 7.44. The van der Waals surface area contributed by atoms with E-state index in [2.05, 4.69) is 30.4 Å². The van der Waals surface area contributed by atoms with Gasteiger partial charge in [0.1, 0.15) is 5.75 Å². The van der Waals surface area contributed by atoms with Gasteiger partial charge >= 0.3 is 0 Å². The molecule has 0 atom stereocenters. The summed E-state index contributed by atoms with van der Waals surface area (Å²) in [6, 6.07) is 24.1. The molecule has 0 aliphatic rings. The zero-order chi connectivity index (χ0) is 20.3. The normalized spacial score (nSPS) is 10.7. The number of nitrogens with one attached hydrogen (secondary N) is 1. The van der Waals surface area contributed by atoms with Crippen LogP contribution >= 0.6 is 11.9 Å². The van der Waals surface area contributed by atoms with Gasteiger partial charge in [-0.05, 0) is 53.8 Å². The molecule has 0 bridgehead atoms. The van der Waals surface area contributed by atoms with Gasteiger partial charge in [-0.1, -0.05) is 61.9 Å². The molecule has 0 spiro atoms. The number of rotatable bonds is 11. The Morgan fingerprint density at radius 1 is 0.897 bits per heavy atom. The van der Waals surface area contributed by atoms with Crippen LogP contribution in [0.2, 0.25) is 0 Å². The van der Waals surface area contributed by atoms with Crippen LogP contribution in [0, 0.1) is 0 Å². The van der Waals surface area contributed by atoms with Gasteiger partial charge in [0, 0.05) is 6.54 Å². The Balaban J connectivity index is 1.78. The van der Waals surface area contributed by atoms with E-state index in [9.17, 15) is 0 Å². The Bertz CT molecular complexity index is 873. The van der Waals surface area contributed by atoms with Gasteiger partial charge in [0.25, 0.3) is 0 Å². The summed E-state index contributed by atoms with van der Waals surface area (Å²) in [6.07, 6.45) is 2.21. The largest absolute Gasteiger partial charge is 0.454 e. The third-order valence-electron chi connectivity index (χ3n) is 4.43. The fourth-order valence-corrected chi connectivity index (χ4v) is 3.41.